The van der Waals surface area contributed by atoms with Gasteiger partial charge in [0.1, 0.15) is 0 Å². The molecule has 124 valence electrons. The first kappa shape index (κ1) is 22.1. The highest BCUT2D eigenvalue weighted by Gasteiger charge is 2.10. The Balaban J connectivity index is 0. The van der Waals surface area contributed by atoms with E-state index in [2.05, 4.69) is 6.92 Å². The lowest BCUT2D eigenvalue weighted by molar-refractivity contribution is 0.103. The molecule has 20 heavy (non-hydrogen) atoms. The summed E-state index contributed by atoms with van der Waals surface area (Å²) >= 11 is 0. The molecule has 0 fully saturated rings. The van der Waals surface area contributed by atoms with E-state index in [-0.39, 0.29) is 25.4 Å². The predicted molar refractivity (Wildman–Crippen MR) is 83.6 cm³/mol. The lowest BCUT2D eigenvalue weighted by Crippen LogP contribution is -2.16. The highest BCUT2D eigenvalue weighted by Crippen LogP contribution is 2.12. The lowest BCUT2D eigenvalue weighted by atomic mass is 9.98. The van der Waals surface area contributed by atoms with Crippen molar-refractivity contribution in [1.29, 1.82) is 0 Å². The van der Waals surface area contributed by atoms with E-state index in [0.717, 1.165) is 38.5 Å². The fourth-order valence-electron chi connectivity index (χ4n) is 1.98. The quantitative estimate of drug-likeness (QED) is 0.498. The monoisotopic (exact) mass is 292 g/mol. The zero-order valence-corrected chi connectivity index (χ0v) is 13.8. The Kier molecular flexibility index (Phi) is 16.9. The van der Waals surface area contributed by atoms with Crippen molar-refractivity contribution in [3.05, 3.63) is 0 Å². The van der Waals surface area contributed by atoms with Crippen molar-refractivity contribution in [3.63, 3.8) is 0 Å². The van der Waals surface area contributed by atoms with Crippen LogP contribution in [0.2, 0.25) is 0 Å². The van der Waals surface area contributed by atoms with Crippen molar-refractivity contribution in [2.75, 3.05) is 13.2 Å². The van der Waals surface area contributed by atoms with Gasteiger partial charge in [0.2, 0.25) is 0 Å². The fourth-order valence-corrected chi connectivity index (χ4v) is 1.98. The van der Waals surface area contributed by atoms with Gasteiger partial charge in [-0.1, -0.05) is 27.7 Å². The summed E-state index contributed by atoms with van der Waals surface area (Å²) in [5.74, 6) is 0.775. The number of hydrogen-bond donors (Lipinski definition) is 4. The maximum absolute atomic E-state index is 9.27. The van der Waals surface area contributed by atoms with Gasteiger partial charge in [0.25, 0.3) is 0 Å². The van der Waals surface area contributed by atoms with Crippen LogP contribution in [0.15, 0.2) is 0 Å². The molecule has 0 aliphatic carbocycles. The van der Waals surface area contributed by atoms with E-state index in [1.54, 1.807) is 0 Å². The Hall–Kier alpha value is -0.160. The molecule has 0 saturated heterocycles. The normalized spacial score (nSPS) is 16.8. The van der Waals surface area contributed by atoms with Crippen molar-refractivity contribution in [3.8, 4) is 0 Å². The van der Waals surface area contributed by atoms with E-state index < -0.39 is 0 Å². The van der Waals surface area contributed by atoms with E-state index in [9.17, 15) is 10.2 Å². The third-order valence-electron chi connectivity index (χ3n) is 3.66. The van der Waals surface area contributed by atoms with E-state index in [1.165, 1.54) is 0 Å². The minimum absolute atomic E-state index is 0.179. The minimum atomic E-state index is -0.188. The van der Waals surface area contributed by atoms with Gasteiger partial charge >= 0.3 is 0 Å². The number of aliphatic hydroxyl groups excluding tert-OH is 4. The van der Waals surface area contributed by atoms with Crippen LogP contribution in [0.25, 0.3) is 0 Å². The van der Waals surface area contributed by atoms with Gasteiger partial charge in [0.05, 0.1) is 12.2 Å². The summed E-state index contributed by atoms with van der Waals surface area (Å²) in [7, 11) is 0. The molecule has 0 rings (SSSR count). The molecule has 0 aromatic heterocycles. The Morgan fingerprint density at radius 1 is 0.850 bits per heavy atom. The Morgan fingerprint density at radius 2 is 1.45 bits per heavy atom. The van der Waals surface area contributed by atoms with Gasteiger partial charge in [-0.15, -0.1) is 0 Å². The van der Waals surface area contributed by atoms with Crippen LogP contribution in [0.5, 0.6) is 0 Å². The maximum Gasteiger partial charge on any atom is 0.0563 e. The van der Waals surface area contributed by atoms with Gasteiger partial charge in [0, 0.05) is 13.2 Å². The topological polar surface area (TPSA) is 80.9 Å². The van der Waals surface area contributed by atoms with Gasteiger partial charge in [-0.05, 0) is 50.4 Å². The van der Waals surface area contributed by atoms with Crippen molar-refractivity contribution in [2.45, 2.75) is 78.4 Å². The maximum atomic E-state index is 9.27. The average molecular weight is 292 g/mol. The van der Waals surface area contributed by atoms with Gasteiger partial charge in [-0.2, -0.15) is 0 Å². The summed E-state index contributed by atoms with van der Waals surface area (Å²) < 4.78 is 0. The summed E-state index contributed by atoms with van der Waals surface area (Å²) in [4.78, 5) is 0. The molecule has 0 heterocycles. The Morgan fingerprint density at radius 3 is 1.85 bits per heavy atom. The summed E-state index contributed by atoms with van der Waals surface area (Å²) in [5.41, 5.74) is 0. The second-order valence-electron chi connectivity index (χ2n) is 5.73. The molecule has 0 radical (unpaired) electrons. The molecule has 0 aromatic carbocycles. The van der Waals surface area contributed by atoms with Crippen LogP contribution in [0.1, 0.15) is 66.2 Å². The van der Waals surface area contributed by atoms with Crippen molar-refractivity contribution < 1.29 is 20.4 Å². The van der Waals surface area contributed by atoms with Gasteiger partial charge in [0.15, 0.2) is 0 Å². The van der Waals surface area contributed by atoms with Crippen molar-refractivity contribution >= 4 is 0 Å². The third-order valence-corrected chi connectivity index (χ3v) is 3.66. The zero-order valence-electron chi connectivity index (χ0n) is 13.8. The molecule has 0 spiro atoms. The summed E-state index contributed by atoms with van der Waals surface area (Å²) in [5, 5.41) is 35.5. The van der Waals surface area contributed by atoms with Crippen LogP contribution in [-0.4, -0.2) is 45.8 Å². The van der Waals surface area contributed by atoms with E-state index in [1.807, 2.05) is 20.8 Å². The van der Waals surface area contributed by atoms with Crippen LogP contribution < -0.4 is 0 Å². The molecule has 0 aliphatic rings. The second-order valence-corrected chi connectivity index (χ2v) is 5.73. The van der Waals surface area contributed by atoms with E-state index >= 15 is 0 Å². The first-order valence-electron chi connectivity index (χ1n) is 8.00. The number of aliphatic hydroxyl groups is 4. The first-order valence-corrected chi connectivity index (χ1v) is 8.00. The third kappa shape index (κ3) is 14.3. The van der Waals surface area contributed by atoms with Gasteiger partial charge in [-0.25, -0.2) is 0 Å². The number of rotatable bonds is 10. The summed E-state index contributed by atoms with van der Waals surface area (Å²) in [6.45, 7) is 8.48. The van der Waals surface area contributed by atoms with Crippen LogP contribution in [0.3, 0.4) is 0 Å². The molecule has 0 aromatic rings. The average Bonchev–Trinajstić information content (AvgIpc) is 2.44. The van der Waals surface area contributed by atoms with Crippen molar-refractivity contribution in [2.24, 2.45) is 11.8 Å². The predicted octanol–water partition coefficient (Wildman–Crippen LogP) is 2.33. The molecule has 4 atom stereocenters. The van der Waals surface area contributed by atoms with Gasteiger partial charge < -0.3 is 20.4 Å². The first-order chi connectivity index (χ1) is 9.42. The minimum Gasteiger partial charge on any atom is -0.396 e. The Labute approximate surface area is 124 Å². The molecule has 4 nitrogen and oxygen atoms in total. The van der Waals surface area contributed by atoms with Crippen LogP contribution >= 0.6 is 0 Å². The largest absolute Gasteiger partial charge is 0.396 e. The zero-order chi connectivity index (χ0) is 16.0. The van der Waals surface area contributed by atoms with Crippen molar-refractivity contribution in [1.82, 2.24) is 0 Å². The second kappa shape index (κ2) is 15.2. The summed E-state index contributed by atoms with van der Waals surface area (Å²) in [6.07, 6.45) is 4.60. The van der Waals surface area contributed by atoms with Crippen LogP contribution in [0.4, 0.5) is 0 Å². The molecular weight excluding hydrogens is 256 g/mol. The van der Waals surface area contributed by atoms with Crippen LogP contribution in [0, 0.1) is 11.8 Å². The smallest absolute Gasteiger partial charge is 0.0563 e. The number of hydrogen-bond acceptors (Lipinski definition) is 4. The fraction of sp³-hybridized carbons (Fsp3) is 1.00. The molecular formula is C16H36O4. The molecule has 0 aliphatic heterocycles. The van der Waals surface area contributed by atoms with Gasteiger partial charge in [-0.3, -0.25) is 0 Å². The molecule has 4 heteroatoms. The van der Waals surface area contributed by atoms with Crippen LogP contribution in [-0.2, 0) is 0 Å². The Bertz CT molecular complexity index is 187. The molecule has 0 bridgehead atoms. The molecule has 0 amide bonds. The SMILES string of the molecule is CCC(O)C(C)CCCO.CCC(O)CC(C)CCO. The lowest BCUT2D eigenvalue weighted by Gasteiger charge is -2.15. The highest BCUT2D eigenvalue weighted by atomic mass is 16.3. The highest BCUT2D eigenvalue weighted by molar-refractivity contribution is 4.61. The standard InChI is InChI=1S/2C8H18O2/c1-3-8(10)6-7(2)4-5-9;1-3-8(10)7(2)5-4-6-9/h2*7-10H,3-6H2,1-2H3. The molecule has 4 N–H and O–H groups in total. The van der Waals surface area contributed by atoms with E-state index in [0.29, 0.717) is 11.8 Å². The molecule has 4 unspecified atom stereocenters. The van der Waals surface area contributed by atoms with E-state index in [4.69, 9.17) is 10.2 Å². The molecule has 0 saturated carbocycles. The summed E-state index contributed by atoms with van der Waals surface area (Å²) in [6, 6.07) is 0.